The van der Waals surface area contributed by atoms with E-state index in [1.807, 2.05) is 19.1 Å². The van der Waals surface area contributed by atoms with Crippen LogP contribution in [-0.2, 0) is 0 Å². The number of hydrogen-bond acceptors (Lipinski definition) is 3. The first-order chi connectivity index (χ1) is 9.06. The van der Waals surface area contributed by atoms with Gasteiger partial charge in [0.1, 0.15) is 5.69 Å². The number of nitrogens with one attached hydrogen (secondary N) is 2. The van der Waals surface area contributed by atoms with E-state index in [0.29, 0.717) is 5.69 Å². The normalized spacial score (nSPS) is 11.8. The van der Waals surface area contributed by atoms with Gasteiger partial charge >= 0.3 is 0 Å². The van der Waals surface area contributed by atoms with Crippen LogP contribution in [0.2, 0.25) is 0 Å². The van der Waals surface area contributed by atoms with Crippen LogP contribution in [-0.4, -0.2) is 10.9 Å². The highest BCUT2D eigenvalue weighted by Crippen LogP contribution is 2.15. The lowest BCUT2D eigenvalue weighted by Crippen LogP contribution is -2.28. The number of rotatable bonds is 3. The quantitative estimate of drug-likeness (QED) is 0.727. The summed E-state index contributed by atoms with van der Waals surface area (Å²) in [6.07, 6.45) is 0. The predicted octanol–water partition coefficient (Wildman–Crippen LogP) is 1.45. The Labute approximate surface area is 110 Å². The molecule has 1 aromatic carbocycles. The van der Waals surface area contributed by atoms with Gasteiger partial charge in [-0.05, 0) is 30.7 Å². The van der Waals surface area contributed by atoms with Crippen molar-refractivity contribution < 1.29 is 4.79 Å². The third-order valence-electron chi connectivity index (χ3n) is 2.77. The van der Waals surface area contributed by atoms with E-state index >= 15 is 0 Å². The minimum absolute atomic E-state index is 0.195. The molecule has 0 saturated heterocycles. The summed E-state index contributed by atoms with van der Waals surface area (Å²) >= 11 is 0. The van der Waals surface area contributed by atoms with E-state index in [1.54, 1.807) is 24.3 Å². The predicted molar refractivity (Wildman–Crippen MR) is 73.8 cm³/mol. The first kappa shape index (κ1) is 12.9. The fraction of sp³-hybridized carbons (Fsp3) is 0.143. The number of aromatic amines is 1. The van der Waals surface area contributed by atoms with Crippen molar-refractivity contribution in [2.75, 3.05) is 5.73 Å². The van der Waals surface area contributed by atoms with Gasteiger partial charge in [0.15, 0.2) is 0 Å². The maximum atomic E-state index is 12.0. The average Bonchev–Trinajstić information content (AvgIpc) is 2.38. The van der Waals surface area contributed by atoms with Crippen LogP contribution in [0, 0.1) is 0 Å². The first-order valence-corrected chi connectivity index (χ1v) is 5.92. The number of pyridine rings is 1. The van der Waals surface area contributed by atoms with Crippen molar-refractivity contribution in [3.63, 3.8) is 0 Å². The minimum atomic E-state index is -0.326. The van der Waals surface area contributed by atoms with Crippen molar-refractivity contribution in [2.45, 2.75) is 13.0 Å². The summed E-state index contributed by atoms with van der Waals surface area (Å²) < 4.78 is 0. The van der Waals surface area contributed by atoms with Crippen molar-refractivity contribution in [1.82, 2.24) is 10.3 Å². The third kappa shape index (κ3) is 3.22. The highest BCUT2D eigenvalue weighted by atomic mass is 16.2. The van der Waals surface area contributed by atoms with Crippen molar-refractivity contribution in [3.05, 3.63) is 64.1 Å². The highest BCUT2D eigenvalue weighted by Gasteiger charge is 2.11. The summed E-state index contributed by atoms with van der Waals surface area (Å²) in [5.41, 5.74) is 7.19. The van der Waals surface area contributed by atoms with Gasteiger partial charge in [-0.1, -0.05) is 18.2 Å². The van der Waals surface area contributed by atoms with Gasteiger partial charge in [0.2, 0.25) is 5.56 Å². The van der Waals surface area contributed by atoms with E-state index in [0.717, 1.165) is 5.56 Å². The van der Waals surface area contributed by atoms with Gasteiger partial charge in [0.05, 0.1) is 6.04 Å². The Morgan fingerprint density at radius 3 is 2.68 bits per heavy atom. The van der Waals surface area contributed by atoms with Gasteiger partial charge in [0.25, 0.3) is 5.91 Å². The number of amides is 1. The molecule has 2 rings (SSSR count). The molecular formula is C14H15N3O2. The van der Waals surface area contributed by atoms with Gasteiger partial charge in [-0.15, -0.1) is 0 Å². The molecule has 1 heterocycles. The number of anilines is 1. The minimum Gasteiger partial charge on any atom is -0.399 e. The SMILES string of the molecule is CC(NC(=O)c1cccc(=O)[nH]1)c1cccc(N)c1. The number of aromatic nitrogens is 1. The number of carbonyl (C=O) groups excluding carboxylic acids is 1. The molecule has 1 amide bonds. The monoisotopic (exact) mass is 257 g/mol. The molecule has 5 nitrogen and oxygen atoms in total. The van der Waals surface area contributed by atoms with Crippen molar-refractivity contribution in [2.24, 2.45) is 0 Å². The number of nitrogens with two attached hydrogens (primary N) is 1. The Morgan fingerprint density at radius 2 is 2.00 bits per heavy atom. The zero-order valence-corrected chi connectivity index (χ0v) is 10.5. The van der Waals surface area contributed by atoms with Crippen LogP contribution in [0.15, 0.2) is 47.3 Å². The number of nitrogen functional groups attached to an aromatic ring is 1. The molecule has 4 N–H and O–H groups in total. The van der Waals surface area contributed by atoms with Gasteiger partial charge in [-0.2, -0.15) is 0 Å². The maximum Gasteiger partial charge on any atom is 0.268 e. The summed E-state index contributed by atoms with van der Waals surface area (Å²) in [5, 5.41) is 2.80. The smallest absolute Gasteiger partial charge is 0.268 e. The molecule has 2 aromatic rings. The number of H-pyrrole nitrogens is 1. The molecule has 0 saturated carbocycles. The molecule has 0 bridgehead atoms. The average molecular weight is 257 g/mol. The molecule has 0 aliphatic rings. The van der Waals surface area contributed by atoms with Crippen LogP contribution in [0.1, 0.15) is 29.0 Å². The second-order valence-electron chi connectivity index (χ2n) is 4.29. The van der Waals surface area contributed by atoms with E-state index in [2.05, 4.69) is 10.3 Å². The second-order valence-corrected chi connectivity index (χ2v) is 4.29. The van der Waals surface area contributed by atoms with Crippen LogP contribution < -0.4 is 16.6 Å². The summed E-state index contributed by atoms with van der Waals surface area (Å²) in [6.45, 7) is 1.85. The Kier molecular flexibility index (Phi) is 3.66. The molecule has 0 radical (unpaired) electrons. The van der Waals surface area contributed by atoms with E-state index in [1.165, 1.54) is 6.07 Å². The Bertz CT molecular complexity index is 649. The van der Waals surface area contributed by atoms with Gasteiger partial charge in [0, 0.05) is 11.8 Å². The van der Waals surface area contributed by atoms with Crippen molar-refractivity contribution >= 4 is 11.6 Å². The standard InChI is InChI=1S/C14H15N3O2/c1-9(10-4-2-5-11(15)8-10)16-14(19)12-6-3-7-13(18)17-12/h2-9H,15H2,1H3,(H,16,19)(H,17,18). The van der Waals surface area contributed by atoms with Crippen LogP contribution in [0.25, 0.3) is 0 Å². The summed E-state index contributed by atoms with van der Waals surface area (Å²) in [4.78, 5) is 25.6. The summed E-state index contributed by atoms with van der Waals surface area (Å²) in [7, 11) is 0. The number of benzene rings is 1. The van der Waals surface area contributed by atoms with Gasteiger partial charge in [-0.25, -0.2) is 0 Å². The summed E-state index contributed by atoms with van der Waals surface area (Å²) in [6, 6.07) is 11.6. The fourth-order valence-corrected chi connectivity index (χ4v) is 1.77. The van der Waals surface area contributed by atoms with E-state index in [-0.39, 0.29) is 23.2 Å². The molecule has 1 aromatic heterocycles. The lowest BCUT2D eigenvalue weighted by atomic mass is 10.1. The Morgan fingerprint density at radius 1 is 1.26 bits per heavy atom. The molecule has 5 heteroatoms. The molecule has 0 aliphatic heterocycles. The third-order valence-corrected chi connectivity index (χ3v) is 2.77. The van der Waals surface area contributed by atoms with Gasteiger partial charge in [-0.3, -0.25) is 9.59 Å². The van der Waals surface area contributed by atoms with Crippen LogP contribution >= 0.6 is 0 Å². The molecule has 0 spiro atoms. The molecule has 1 atom stereocenters. The van der Waals surface area contributed by atoms with E-state index in [4.69, 9.17) is 5.73 Å². The molecule has 1 unspecified atom stereocenters. The zero-order chi connectivity index (χ0) is 13.8. The summed E-state index contributed by atoms with van der Waals surface area (Å²) in [5.74, 6) is -0.326. The first-order valence-electron chi connectivity index (χ1n) is 5.92. The molecule has 19 heavy (non-hydrogen) atoms. The maximum absolute atomic E-state index is 12.0. The largest absolute Gasteiger partial charge is 0.399 e. The fourth-order valence-electron chi connectivity index (χ4n) is 1.77. The van der Waals surface area contributed by atoms with E-state index in [9.17, 15) is 9.59 Å². The molecule has 0 aliphatic carbocycles. The molecular weight excluding hydrogens is 242 g/mol. The van der Waals surface area contributed by atoms with E-state index < -0.39 is 0 Å². The topological polar surface area (TPSA) is 88.0 Å². The van der Waals surface area contributed by atoms with Crippen molar-refractivity contribution in [1.29, 1.82) is 0 Å². The van der Waals surface area contributed by atoms with Crippen molar-refractivity contribution in [3.8, 4) is 0 Å². The highest BCUT2D eigenvalue weighted by molar-refractivity contribution is 5.92. The Balaban J connectivity index is 2.13. The van der Waals surface area contributed by atoms with Gasteiger partial charge < -0.3 is 16.0 Å². The lowest BCUT2D eigenvalue weighted by Gasteiger charge is -2.14. The molecule has 0 fully saturated rings. The lowest BCUT2D eigenvalue weighted by molar-refractivity contribution is 0.0934. The number of carbonyl (C=O) groups is 1. The van der Waals surface area contributed by atoms with Crippen LogP contribution in [0.3, 0.4) is 0 Å². The Hall–Kier alpha value is -2.56. The van der Waals surface area contributed by atoms with Crippen LogP contribution in [0.5, 0.6) is 0 Å². The second kappa shape index (κ2) is 5.39. The number of hydrogen-bond donors (Lipinski definition) is 3. The zero-order valence-electron chi connectivity index (χ0n) is 10.5. The van der Waals surface area contributed by atoms with Crippen LogP contribution in [0.4, 0.5) is 5.69 Å². The molecule has 98 valence electrons.